The van der Waals surface area contributed by atoms with E-state index in [-0.39, 0.29) is 23.8 Å². The number of ether oxygens (including phenoxy) is 1. The summed E-state index contributed by atoms with van der Waals surface area (Å²) in [5, 5.41) is 8.04. The number of nitrogens with one attached hydrogen (secondary N) is 1. The first kappa shape index (κ1) is 26.2. The molecule has 0 bridgehead atoms. The molecule has 1 atom stereocenters. The zero-order valence-electron chi connectivity index (χ0n) is 22.4. The first-order valence-corrected chi connectivity index (χ1v) is 13.7. The number of amides is 2. The minimum Gasteiger partial charge on any atom is -0.494 e. The third-order valence-electron chi connectivity index (χ3n) is 7.57. The number of rotatable bonds is 8. The molecule has 1 aromatic heterocycles. The second kappa shape index (κ2) is 11.5. The topological polar surface area (TPSA) is 76.5 Å². The van der Waals surface area contributed by atoms with E-state index in [4.69, 9.17) is 9.84 Å². The lowest BCUT2D eigenvalue weighted by Gasteiger charge is -2.44. The number of carbonyl (C=O) groups excluding carboxylic acids is 2. The number of hydrogen-bond donors (Lipinski definition) is 1. The van der Waals surface area contributed by atoms with Gasteiger partial charge in [-0.1, -0.05) is 65.0 Å². The van der Waals surface area contributed by atoms with Gasteiger partial charge in [-0.05, 0) is 55.9 Å². The highest BCUT2D eigenvalue weighted by Crippen LogP contribution is 2.31. The van der Waals surface area contributed by atoms with Gasteiger partial charge in [-0.25, -0.2) is 0 Å². The van der Waals surface area contributed by atoms with Crippen LogP contribution in [-0.4, -0.2) is 44.7 Å². The highest BCUT2D eigenvalue weighted by molar-refractivity contribution is 5.99. The van der Waals surface area contributed by atoms with Crippen LogP contribution in [0.4, 0.5) is 0 Å². The Labute approximate surface area is 215 Å². The normalized spacial score (nSPS) is 21.1. The Bertz CT molecular complexity index is 1040. The summed E-state index contributed by atoms with van der Waals surface area (Å²) in [6, 6.07) is 9.88. The van der Waals surface area contributed by atoms with E-state index in [1.165, 1.54) is 19.3 Å². The zero-order valence-corrected chi connectivity index (χ0v) is 22.4. The smallest absolute Gasteiger partial charge is 0.273 e. The molecular weight excluding hydrogens is 452 g/mol. The van der Waals surface area contributed by atoms with Gasteiger partial charge in [0.15, 0.2) is 0 Å². The molecule has 1 saturated carbocycles. The molecule has 1 aliphatic heterocycles. The third-order valence-corrected chi connectivity index (χ3v) is 7.57. The Hall–Kier alpha value is -2.83. The van der Waals surface area contributed by atoms with E-state index in [1.54, 1.807) is 9.58 Å². The molecule has 36 heavy (non-hydrogen) atoms. The standard InChI is InChI=1S/C29H42N4O3/c1-5-17-36-24-15-13-22(14-16-24)19-32-27(34)26-18-25(21(2)3)31-33(26)20-29(32,4)28(35)30-23-11-9-7-6-8-10-12-23/h13-16,18,21,23H,5-12,17,19-20H2,1-4H3,(H,30,35). The van der Waals surface area contributed by atoms with Gasteiger partial charge in [-0.2, -0.15) is 5.10 Å². The molecule has 2 amide bonds. The Morgan fingerprint density at radius 3 is 2.44 bits per heavy atom. The summed E-state index contributed by atoms with van der Waals surface area (Å²) >= 11 is 0. The fourth-order valence-corrected chi connectivity index (χ4v) is 5.23. The Morgan fingerprint density at radius 1 is 1.14 bits per heavy atom. The predicted octanol–water partition coefficient (Wildman–Crippen LogP) is 5.44. The maximum atomic E-state index is 13.9. The van der Waals surface area contributed by atoms with Gasteiger partial charge in [-0.3, -0.25) is 14.3 Å². The van der Waals surface area contributed by atoms with E-state index in [9.17, 15) is 9.59 Å². The quantitative estimate of drug-likeness (QED) is 0.530. The lowest BCUT2D eigenvalue weighted by Crippen LogP contribution is -2.64. The van der Waals surface area contributed by atoms with E-state index in [1.807, 2.05) is 37.3 Å². The van der Waals surface area contributed by atoms with Crippen molar-refractivity contribution in [1.82, 2.24) is 20.0 Å². The van der Waals surface area contributed by atoms with Crippen LogP contribution in [0.2, 0.25) is 0 Å². The maximum absolute atomic E-state index is 13.9. The number of nitrogens with zero attached hydrogens (tertiary/aromatic N) is 3. The van der Waals surface area contributed by atoms with Gasteiger partial charge in [0.05, 0.1) is 18.8 Å². The zero-order chi connectivity index (χ0) is 25.7. The van der Waals surface area contributed by atoms with Crippen LogP contribution in [0.5, 0.6) is 5.75 Å². The van der Waals surface area contributed by atoms with Crippen molar-refractivity contribution < 1.29 is 14.3 Å². The van der Waals surface area contributed by atoms with Crippen LogP contribution in [0.25, 0.3) is 0 Å². The first-order valence-electron chi connectivity index (χ1n) is 13.7. The van der Waals surface area contributed by atoms with Crippen molar-refractivity contribution in [3.8, 4) is 5.75 Å². The summed E-state index contributed by atoms with van der Waals surface area (Å²) in [7, 11) is 0. The third kappa shape index (κ3) is 5.76. The lowest BCUT2D eigenvalue weighted by molar-refractivity contribution is -0.134. The van der Waals surface area contributed by atoms with E-state index < -0.39 is 5.54 Å². The monoisotopic (exact) mass is 494 g/mol. The highest BCUT2D eigenvalue weighted by Gasteiger charge is 2.48. The van der Waals surface area contributed by atoms with Crippen molar-refractivity contribution in [2.75, 3.05) is 6.61 Å². The Morgan fingerprint density at radius 2 is 1.81 bits per heavy atom. The van der Waals surface area contributed by atoms with Gasteiger partial charge in [-0.15, -0.1) is 0 Å². The van der Waals surface area contributed by atoms with Crippen LogP contribution in [0.1, 0.15) is 107 Å². The molecule has 1 fully saturated rings. The number of benzene rings is 1. The van der Waals surface area contributed by atoms with Gasteiger partial charge in [0.1, 0.15) is 17.0 Å². The van der Waals surface area contributed by atoms with Gasteiger partial charge < -0.3 is 15.0 Å². The fourth-order valence-electron chi connectivity index (χ4n) is 5.23. The van der Waals surface area contributed by atoms with Crippen molar-refractivity contribution in [2.45, 2.75) is 110 Å². The molecule has 196 valence electrons. The van der Waals surface area contributed by atoms with Gasteiger partial charge in [0.2, 0.25) is 5.91 Å². The Balaban J connectivity index is 1.61. The molecule has 4 rings (SSSR count). The number of fused-ring (bicyclic) bond motifs is 1. The summed E-state index contributed by atoms with van der Waals surface area (Å²) in [5.41, 5.74) is 1.36. The number of hydrogen-bond acceptors (Lipinski definition) is 4. The molecule has 2 heterocycles. The van der Waals surface area contributed by atoms with E-state index >= 15 is 0 Å². The molecule has 0 saturated heterocycles. The van der Waals surface area contributed by atoms with Crippen molar-refractivity contribution in [3.63, 3.8) is 0 Å². The second-order valence-corrected chi connectivity index (χ2v) is 10.9. The Kier molecular flexibility index (Phi) is 8.37. The summed E-state index contributed by atoms with van der Waals surface area (Å²) in [6.45, 7) is 9.47. The van der Waals surface area contributed by atoms with Crippen LogP contribution in [0.15, 0.2) is 30.3 Å². The number of aromatic nitrogens is 2. The molecule has 1 aliphatic carbocycles. The van der Waals surface area contributed by atoms with Gasteiger partial charge in [0.25, 0.3) is 5.91 Å². The second-order valence-electron chi connectivity index (χ2n) is 10.9. The average Bonchev–Trinajstić information content (AvgIpc) is 3.27. The van der Waals surface area contributed by atoms with Gasteiger partial charge >= 0.3 is 0 Å². The maximum Gasteiger partial charge on any atom is 0.273 e. The summed E-state index contributed by atoms with van der Waals surface area (Å²) in [4.78, 5) is 29.5. The van der Waals surface area contributed by atoms with Gasteiger partial charge in [0, 0.05) is 12.6 Å². The van der Waals surface area contributed by atoms with Crippen LogP contribution in [-0.2, 0) is 17.9 Å². The van der Waals surface area contributed by atoms with E-state index in [2.05, 4.69) is 26.1 Å². The molecular formula is C29H42N4O3. The summed E-state index contributed by atoms with van der Waals surface area (Å²) < 4.78 is 7.46. The molecule has 2 aromatic rings. The number of carbonyl (C=O) groups is 2. The predicted molar refractivity (Wildman–Crippen MR) is 141 cm³/mol. The van der Waals surface area contributed by atoms with Crippen molar-refractivity contribution in [2.24, 2.45) is 0 Å². The van der Waals surface area contributed by atoms with Crippen LogP contribution in [0, 0.1) is 0 Å². The molecule has 1 N–H and O–H groups in total. The van der Waals surface area contributed by atoms with Crippen molar-refractivity contribution in [1.29, 1.82) is 0 Å². The average molecular weight is 495 g/mol. The van der Waals surface area contributed by atoms with Crippen LogP contribution >= 0.6 is 0 Å². The van der Waals surface area contributed by atoms with E-state index in [0.717, 1.165) is 49.1 Å². The minimum absolute atomic E-state index is 0.0865. The molecule has 0 radical (unpaired) electrons. The molecule has 7 heteroatoms. The summed E-state index contributed by atoms with van der Waals surface area (Å²) in [5.74, 6) is 0.781. The van der Waals surface area contributed by atoms with Crippen molar-refractivity contribution in [3.05, 3.63) is 47.3 Å². The molecule has 1 aromatic carbocycles. The first-order chi connectivity index (χ1) is 17.3. The fraction of sp³-hybridized carbons (Fsp3) is 0.621. The molecule has 0 spiro atoms. The van der Waals surface area contributed by atoms with Crippen LogP contribution in [0.3, 0.4) is 0 Å². The minimum atomic E-state index is -1.04. The lowest BCUT2D eigenvalue weighted by atomic mass is 9.91. The molecule has 2 aliphatic rings. The van der Waals surface area contributed by atoms with Crippen LogP contribution < -0.4 is 10.1 Å². The highest BCUT2D eigenvalue weighted by atomic mass is 16.5. The summed E-state index contributed by atoms with van der Waals surface area (Å²) in [6.07, 6.45) is 8.95. The van der Waals surface area contributed by atoms with E-state index in [0.29, 0.717) is 25.4 Å². The molecule has 1 unspecified atom stereocenters. The molecule has 7 nitrogen and oxygen atoms in total. The largest absolute Gasteiger partial charge is 0.494 e. The SMILES string of the molecule is CCCOc1ccc(CN2C(=O)c3cc(C(C)C)nn3CC2(C)C(=O)NC2CCCCCCC2)cc1. The van der Waals surface area contributed by atoms with Crippen molar-refractivity contribution >= 4 is 11.8 Å².